The van der Waals surface area contributed by atoms with E-state index in [1.807, 2.05) is 0 Å². The summed E-state index contributed by atoms with van der Waals surface area (Å²) in [6, 6.07) is 3.53. The Morgan fingerprint density at radius 1 is 0.962 bits per heavy atom. The van der Waals surface area contributed by atoms with Crippen molar-refractivity contribution in [3.8, 4) is 17.2 Å². The lowest BCUT2D eigenvalue weighted by Gasteiger charge is -2.19. The molecule has 0 aromatic heterocycles. The van der Waals surface area contributed by atoms with Gasteiger partial charge < -0.3 is 29.6 Å². The summed E-state index contributed by atoms with van der Waals surface area (Å²) in [4.78, 5) is 23.4. The second kappa shape index (κ2) is 9.74. The van der Waals surface area contributed by atoms with Crippen LogP contribution in [0.2, 0.25) is 0 Å². The molecule has 0 fully saturated rings. The lowest BCUT2D eigenvalue weighted by Crippen LogP contribution is -2.35. The number of carbonyl (C=O) groups is 2. The molecule has 0 aliphatic heterocycles. The van der Waals surface area contributed by atoms with Gasteiger partial charge in [-0.2, -0.15) is 0 Å². The minimum Gasteiger partial charge on any atom is -0.493 e. The minimum absolute atomic E-state index is 0.143. The summed E-state index contributed by atoms with van der Waals surface area (Å²) in [5.74, 6) is 1.33. The SMILES string of the molecule is COc1cc(CNC(=O)CCNC(=O)OC(C)(C)C)cc(OC)c1OC. The quantitative estimate of drug-likeness (QED) is 0.731. The molecule has 0 saturated heterocycles. The number of alkyl carbamates (subject to hydrolysis) is 1. The van der Waals surface area contributed by atoms with E-state index < -0.39 is 11.7 Å². The average molecular weight is 368 g/mol. The van der Waals surface area contributed by atoms with Crippen LogP contribution in [0.25, 0.3) is 0 Å². The summed E-state index contributed by atoms with van der Waals surface area (Å²) < 4.78 is 20.9. The first kappa shape index (κ1) is 21.4. The van der Waals surface area contributed by atoms with E-state index in [0.717, 1.165) is 5.56 Å². The minimum atomic E-state index is -0.571. The zero-order chi connectivity index (χ0) is 19.7. The smallest absolute Gasteiger partial charge is 0.407 e. The molecule has 8 nitrogen and oxygen atoms in total. The van der Waals surface area contributed by atoms with Gasteiger partial charge in [-0.05, 0) is 38.5 Å². The molecule has 26 heavy (non-hydrogen) atoms. The molecular weight excluding hydrogens is 340 g/mol. The first-order valence-electron chi connectivity index (χ1n) is 8.22. The van der Waals surface area contributed by atoms with E-state index in [0.29, 0.717) is 23.8 Å². The molecule has 0 spiro atoms. The van der Waals surface area contributed by atoms with Crippen LogP contribution in [0.15, 0.2) is 12.1 Å². The predicted molar refractivity (Wildman–Crippen MR) is 96.8 cm³/mol. The van der Waals surface area contributed by atoms with E-state index in [4.69, 9.17) is 18.9 Å². The van der Waals surface area contributed by atoms with Gasteiger partial charge in [0.1, 0.15) is 5.60 Å². The molecule has 0 heterocycles. The fraction of sp³-hybridized carbons (Fsp3) is 0.556. The zero-order valence-corrected chi connectivity index (χ0v) is 16.2. The maximum atomic E-state index is 11.9. The van der Waals surface area contributed by atoms with Crippen molar-refractivity contribution in [1.29, 1.82) is 0 Å². The van der Waals surface area contributed by atoms with Crippen LogP contribution >= 0.6 is 0 Å². The van der Waals surface area contributed by atoms with Crippen LogP contribution in [0.3, 0.4) is 0 Å². The third kappa shape index (κ3) is 7.08. The first-order chi connectivity index (χ1) is 12.2. The number of hydrogen-bond donors (Lipinski definition) is 2. The van der Waals surface area contributed by atoms with Crippen LogP contribution in [-0.4, -0.2) is 45.5 Å². The Hall–Kier alpha value is -2.64. The molecule has 2 N–H and O–H groups in total. The summed E-state index contributed by atoms with van der Waals surface area (Å²) in [5.41, 5.74) is 0.228. The molecule has 0 unspecified atom stereocenters. The van der Waals surface area contributed by atoms with E-state index in [1.165, 1.54) is 21.3 Å². The predicted octanol–water partition coefficient (Wildman–Crippen LogP) is 2.24. The van der Waals surface area contributed by atoms with Crippen LogP contribution in [0.4, 0.5) is 4.79 Å². The molecule has 0 bridgehead atoms. The van der Waals surface area contributed by atoms with E-state index in [2.05, 4.69) is 10.6 Å². The summed E-state index contributed by atoms with van der Waals surface area (Å²) in [7, 11) is 4.59. The normalized spacial score (nSPS) is 10.7. The molecule has 1 rings (SSSR count). The molecule has 0 saturated carbocycles. The number of hydrogen-bond acceptors (Lipinski definition) is 6. The molecule has 0 aliphatic carbocycles. The number of ether oxygens (including phenoxy) is 4. The number of rotatable bonds is 8. The highest BCUT2D eigenvalue weighted by molar-refractivity contribution is 5.77. The van der Waals surface area contributed by atoms with E-state index in [-0.39, 0.29) is 18.9 Å². The summed E-state index contributed by atoms with van der Waals surface area (Å²) in [6.45, 7) is 5.81. The van der Waals surface area contributed by atoms with Crippen LogP contribution < -0.4 is 24.8 Å². The van der Waals surface area contributed by atoms with E-state index in [1.54, 1.807) is 32.9 Å². The van der Waals surface area contributed by atoms with Gasteiger partial charge in [-0.15, -0.1) is 0 Å². The molecule has 0 atom stereocenters. The maximum Gasteiger partial charge on any atom is 0.407 e. The van der Waals surface area contributed by atoms with Crippen LogP contribution in [0.5, 0.6) is 17.2 Å². The lowest BCUT2D eigenvalue weighted by molar-refractivity contribution is -0.121. The van der Waals surface area contributed by atoms with E-state index >= 15 is 0 Å². The molecule has 146 valence electrons. The van der Waals surface area contributed by atoms with Crippen molar-refractivity contribution >= 4 is 12.0 Å². The largest absolute Gasteiger partial charge is 0.493 e. The summed E-state index contributed by atoms with van der Waals surface area (Å²) in [5, 5.41) is 5.32. The number of nitrogens with one attached hydrogen (secondary N) is 2. The van der Waals surface area contributed by atoms with Gasteiger partial charge in [0.05, 0.1) is 21.3 Å². The van der Waals surface area contributed by atoms with Gasteiger partial charge in [-0.25, -0.2) is 4.79 Å². The average Bonchev–Trinajstić information content (AvgIpc) is 2.57. The van der Waals surface area contributed by atoms with E-state index in [9.17, 15) is 9.59 Å². The standard InChI is InChI=1S/C18H28N2O6/c1-18(2,3)26-17(22)19-8-7-15(21)20-11-12-9-13(23-4)16(25-6)14(10-12)24-5/h9-10H,7-8,11H2,1-6H3,(H,19,22)(H,20,21). The molecular formula is C18H28N2O6. The van der Waals surface area contributed by atoms with Crippen LogP contribution in [-0.2, 0) is 16.1 Å². The Labute approximate surface area is 154 Å². The number of carbonyl (C=O) groups excluding carboxylic acids is 2. The van der Waals surface area contributed by atoms with Gasteiger partial charge in [-0.1, -0.05) is 0 Å². The van der Waals surface area contributed by atoms with Crippen molar-refractivity contribution in [1.82, 2.24) is 10.6 Å². The van der Waals surface area contributed by atoms with Crippen molar-refractivity contribution in [3.63, 3.8) is 0 Å². The lowest BCUT2D eigenvalue weighted by atomic mass is 10.1. The molecule has 8 heteroatoms. The van der Waals surface area contributed by atoms with Gasteiger partial charge in [0, 0.05) is 19.5 Å². The molecule has 2 amide bonds. The molecule has 1 aromatic rings. The maximum absolute atomic E-state index is 11.9. The topological polar surface area (TPSA) is 95.1 Å². The van der Waals surface area contributed by atoms with Gasteiger partial charge in [0.15, 0.2) is 11.5 Å². The van der Waals surface area contributed by atoms with Gasteiger partial charge >= 0.3 is 6.09 Å². The number of methoxy groups -OCH3 is 3. The summed E-state index contributed by atoms with van der Waals surface area (Å²) >= 11 is 0. The van der Waals surface area contributed by atoms with Crippen molar-refractivity contribution in [2.24, 2.45) is 0 Å². The van der Waals surface area contributed by atoms with Crippen molar-refractivity contribution < 1.29 is 28.5 Å². The first-order valence-corrected chi connectivity index (χ1v) is 8.22. The Balaban J connectivity index is 2.51. The van der Waals surface area contributed by atoms with Crippen molar-refractivity contribution in [2.45, 2.75) is 39.3 Å². The third-order valence-corrected chi connectivity index (χ3v) is 3.23. The highest BCUT2D eigenvalue weighted by Crippen LogP contribution is 2.38. The highest BCUT2D eigenvalue weighted by Gasteiger charge is 2.16. The Morgan fingerprint density at radius 3 is 2.00 bits per heavy atom. The van der Waals surface area contributed by atoms with Crippen LogP contribution in [0.1, 0.15) is 32.8 Å². The Bertz CT molecular complexity index is 600. The molecule has 0 aliphatic rings. The fourth-order valence-electron chi connectivity index (χ4n) is 2.12. The Kier molecular flexibility index (Phi) is 8.02. The Morgan fingerprint density at radius 2 is 1.54 bits per heavy atom. The van der Waals surface area contributed by atoms with Crippen molar-refractivity contribution in [2.75, 3.05) is 27.9 Å². The summed E-state index contributed by atoms with van der Waals surface area (Å²) in [6.07, 6.45) is -0.404. The molecule has 1 aromatic carbocycles. The highest BCUT2D eigenvalue weighted by atomic mass is 16.6. The fourth-order valence-corrected chi connectivity index (χ4v) is 2.12. The van der Waals surface area contributed by atoms with Gasteiger partial charge in [-0.3, -0.25) is 4.79 Å². The second-order valence-corrected chi connectivity index (χ2v) is 6.49. The second-order valence-electron chi connectivity index (χ2n) is 6.49. The third-order valence-electron chi connectivity index (χ3n) is 3.23. The van der Waals surface area contributed by atoms with Gasteiger partial charge in [0.2, 0.25) is 11.7 Å². The van der Waals surface area contributed by atoms with Gasteiger partial charge in [0.25, 0.3) is 0 Å². The number of benzene rings is 1. The number of amides is 2. The monoisotopic (exact) mass is 368 g/mol. The zero-order valence-electron chi connectivity index (χ0n) is 16.2. The van der Waals surface area contributed by atoms with Crippen LogP contribution in [0, 0.1) is 0 Å². The molecule has 0 radical (unpaired) electrons. The van der Waals surface area contributed by atoms with Crippen molar-refractivity contribution in [3.05, 3.63) is 17.7 Å².